The normalized spacial score (nSPS) is 10.7. The molecular formula is C17H17BrClN5O2. The molecule has 136 valence electrons. The van der Waals surface area contributed by atoms with Crippen LogP contribution in [0.2, 0.25) is 5.02 Å². The average molecular weight is 439 g/mol. The summed E-state index contributed by atoms with van der Waals surface area (Å²) in [7, 11) is 0. The van der Waals surface area contributed by atoms with Crippen LogP contribution in [-0.2, 0) is 19.8 Å². The van der Waals surface area contributed by atoms with Crippen LogP contribution >= 0.6 is 27.5 Å². The van der Waals surface area contributed by atoms with Crippen LogP contribution in [-0.4, -0.2) is 25.5 Å². The van der Waals surface area contributed by atoms with Crippen molar-refractivity contribution in [2.75, 3.05) is 0 Å². The zero-order valence-corrected chi connectivity index (χ0v) is 16.4. The molecule has 1 aromatic carbocycles. The van der Waals surface area contributed by atoms with E-state index in [1.54, 1.807) is 47.4 Å². The summed E-state index contributed by atoms with van der Waals surface area (Å²) in [6.07, 6.45) is 3.41. The van der Waals surface area contributed by atoms with Gasteiger partial charge in [0.05, 0.1) is 22.9 Å². The van der Waals surface area contributed by atoms with E-state index in [2.05, 4.69) is 31.4 Å². The number of aryl methyl sites for hydroxylation is 1. The smallest absolute Gasteiger partial charge is 0.272 e. The Hall–Kier alpha value is -2.32. The van der Waals surface area contributed by atoms with Crippen molar-refractivity contribution in [2.45, 2.75) is 26.7 Å². The van der Waals surface area contributed by atoms with E-state index in [0.717, 1.165) is 16.7 Å². The molecule has 0 aliphatic carbocycles. The van der Waals surface area contributed by atoms with Gasteiger partial charge in [0.2, 0.25) is 0 Å². The number of carbonyl (C=O) groups excluding carboxylic acids is 1. The third kappa shape index (κ3) is 4.44. The molecule has 3 aromatic rings. The quantitative estimate of drug-likeness (QED) is 0.613. The van der Waals surface area contributed by atoms with Gasteiger partial charge in [0, 0.05) is 17.8 Å². The van der Waals surface area contributed by atoms with E-state index in [9.17, 15) is 4.79 Å². The molecule has 0 atom stereocenters. The topological polar surface area (TPSA) is 74.0 Å². The number of carbonyl (C=O) groups is 1. The van der Waals surface area contributed by atoms with Crippen LogP contribution in [0.4, 0.5) is 0 Å². The van der Waals surface area contributed by atoms with E-state index in [-0.39, 0.29) is 12.6 Å². The highest BCUT2D eigenvalue weighted by molar-refractivity contribution is 9.10. The molecule has 0 aliphatic rings. The third-order valence-electron chi connectivity index (χ3n) is 3.66. The number of nitrogens with zero attached hydrogens (tertiary/aromatic N) is 4. The van der Waals surface area contributed by atoms with Crippen molar-refractivity contribution in [2.24, 2.45) is 0 Å². The number of benzene rings is 1. The molecular weight excluding hydrogens is 422 g/mol. The Balaban J connectivity index is 1.55. The number of aromatic nitrogens is 4. The second kappa shape index (κ2) is 8.37. The standard InChI is InChI=1S/C17H17BrClN5O2/c1-2-24-16(14(18)9-21-24)10-20-17(25)15-7-8-23(22-15)11-26-13-5-3-12(19)4-6-13/h3-9H,2,10-11H2,1H3,(H,20,25). The minimum Gasteiger partial charge on any atom is -0.471 e. The molecule has 0 aliphatic heterocycles. The third-order valence-corrected chi connectivity index (χ3v) is 4.58. The van der Waals surface area contributed by atoms with Gasteiger partial charge in [0.25, 0.3) is 5.91 Å². The van der Waals surface area contributed by atoms with E-state index in [1.807, 2.05) is 11.6 Å². The Morgan fingerprint density at radius 3 is 2.81 bits per heavy atom. The van der Waals surface area contributed by atoms with Gasteiger partial charge < -0.3 is 10.1 Å². The van der Waals surface area contributed by atoms with E-state index < -0.39 is 0 Å². The predicted octanol–water partition coefficient (Wildman–Crippen LogP) is 3.48. The van der Waals surface area contributed by atoms with Crippen molar-refractivity contribution in [3.8, 4) is 5.75 Å². The van der Waals surface area contributed by atoms with Crippen LogP contribution < -0.4 is 10.1 Å². The fraction of sp³-hybridized carbons (Fsp3) is 0.235. The SMILES string of the molecule is CCn1ncc(Br)c1CNC(=O)c1ccn(COc2ccc(Cl)cc2)n1. The molecule has 3 rings (SSSR count). The average Bonchev–Trinajstić information content (AvgIpc) is 3.26. The van der Waals surface area contributed by atoms with E-state index >= 15 is 0 Å². The van der Waals surface area contributed by atoms with Crippen molar-refractivity contribution in [1.82, 2.24) is 24.9 Å². The maximum Gasteiger partial charge on any atom is 0.272 e. The van der Waals surface area contributed by atoms with Crippen LogP contribution in [0.25, 0.3) is 0 Å². The molecule has 0 saturated heterocycles. The minimum absolute atomic E-state index is 0.197. The molecule has 2 heterocycles. The lowest BCUT2D eigenvalue weighted by molar-refractivity contribution is 0.0942. The summed E-state index contributed by atoms with van der Waals surface area (Å²) in [5.41, 5.74) is 1.23. The predicted molar refractivity (Wildman–Crippen MR) is 101 cm³/mol. The Labute approximate surface area is 164 Å². The van der Waals surface area contributed by atoms with Gasteiger partial charge in [-0.2, -0.15) is 10.2 Å². The highest BCUT2D eigenvalue weighted by Gasteiger charge is 2.13. The lowest BCUT2D eigenvalue weighted by Gasteiger charge is -2.07. The number of nitrogens with one attached hydrogen (secondary N) is 1. The first-order chi connectivity index (χ1) is 12.6. The summed E-state index contributed by atoms with van der Waals surface area (Å²) in [5.74, 6) is 0.416. The van der Waals surface area contributed by atoms with Crippen LogP contribution in [0, 0.1) is 0 Å². The van der Waals surface area contributed by atoms with Crippen molar-refractivity contribution in [1.29, 1.82) is 0 Å². The molecule has 0 unspecified atom stereocenters. The van der Waals surface area contributed by atoms with Gasteiger partial charge in [-0.3, -0.25) is 9.48 Å². The number of hydrogen-bond donors (Lipinski definition) is 1. The molecule has 0 radical (unpaired) electrons. The molecule has 1 N–H and O–H groups in total. The molecule has 1 amide bonds. The summed E-state index contributed by atoms with van der Waals surface area (Å²) in [5, 5.41) is 11.9. The van der Waals surface area contributed by atoms with E-state index in [0.29, 0.717) is 23.0 Å². The maximum absolute atomic E-state index is 12.3. The summed E-state index contributed by atoms with van der Waals surface area (Å²) < 4.78 is 9.83. The first kappa shape index (κ1) is 18.5. The fourth-order valence-electron chi connectivity index (χ4n) is 2.32. The molecule has 0 fully saturated rings. The van der Waals surface area contributed by atoms with Gasteiger partial charge >= 0.3 is 0 Å². The molecule has 2 aromatic heterocycles. The Morgan fingerprint density at radius 2 is 2.08 bits per heavy atom. The second-order valence-corrected chi connectivity index (χ2v) is 6.70. The zero-order chi connectivity index (χ0) is 18.5. The highest BCUT2D eigenvalue weighted by atomic mass is 79.9. The molecule has 0 bridgehead atoms. The highest BCUT2D eigenvalue weighted by Crippen LogP contribution is 2.17. The molecule has 9 heteroatoms. The monoisotopic (exact) mass is 437 g/mol. The number of hydrogen-bond acceptors (Lipinski definition) is 4. The molecule has 0 spiro atoms. The lowest BCUT2D eigenvalue weighted by atomic mass is 10.3. The first-order valence-electron chi connectivity index (χ1n) is 7.97. The van der Waals surface area contributed by atoms with Gasteiger partial charge in [0.15, 0.2) is 6.73 Å². The van der Waals surface area contributed by atoms with Crippen LogP contribution in [0.1, 0.15) is 23.1 Å². The lowest BCUT2D eigenvalue weighted by Crippen LogP contribution is -2.25. The van der Waals surface area contributed by atoms with Crippen molar-refractivity contribution < 1.29 is 9.53 Å². The fourth-order valence-corrected chi connectivity index (χ4v) is 2.88. The minimum atomic E-state index is -0.258. The number of rotatable bonds is 7. The number of halogens is 2. The van der Waals surface area contributed by atoms with Crippen LogP contribution in [0.5, 0.6) is 5.75 Å². The Kier molecular flexibility index (Phi) is 5.95. The van der Waals surface area contributed by atoms with Gasteiger partial charge in [-0.15, -0.1) is 0 Å². The van der Waals surface area contributed by atoms with Gasteiger partial charge in [0.1, 0.15) is 11.4 Å². The summed E-state index contributed by atoms with van der Waals surface area (Å²) >= 11 is 9.27. The summed E-state index contributed by atoms with van der Waals surface area (Å²) in [4.78, 5) is 12.3. The molecule has 0 saturated carbocycles. The summed E-state index contributed by atoms with van der Waals surface area (Å²) in [6.45, 7) is 3.28. The van der Waals surface area contributed by atoms with Gasteiger partial charge in [-0.1, -0.05) is 11.6 Å². The van der Waals surface area contributed by atoms with Gasteiger partial charge in [-0.05, 0) is 53.2 Å². The van der Waals surface area contributed by atoms with Crippen LogP contribution in [0.3, 0.4) is 0 Å². The van der Waals surface area contributed by atoms with Crippen molar-refractivity contribution in [3.63, 3.8) is 0 Å². The van der Waals surface area contributed by atoms with Crippen LogP contribution in [0.15, 0.2) is 47.2 Å². The molecule has 7 nitrogen and oxygen atoms in total. The van der Waals surface area contributed by atoms with Gasteiger partial charge in [-0.25, -0.2) is 4.68 Å². The van der Waals surface area contributed by atoms with Crippen molar-refractivity contribution >= 4 is 33.4 Å². The van der Waals surface area contributed by atoms with Crippen molar-refractivity contribution in [3.05, 3.63) is 63.6 Å². The van der Waals surface area contributed by atoms with E-state index in [1.165, 1.54) is 0 Å². The number of ether oxygens (including phenoxy) is 1. The van der Waals surface area contributed by atoms with E-state index in [4.69, 9.17) is 16.3 Å². The molecule has 26 heavy (non-hydrogen) atoms. The first-order valence-corrected chi connectivity index (χ1v) is 9.14. The Bertz CT molecular complexity index is 891. The second-order valence-electron chi connectivity index (χ2n) is 5.41. The maximum atomic E-state index is 12.3. The Morgan fingerprint density at radius 1 is 1.31 bits per heavy atom. The number of amides is 1. The summed E-state index contributed by atoms with van der Waals surface area (Å²) in [6, 6.07) is 8.69. The zero-order valence-electron chi connectivity index (χ0n) is 14.0. The largest absolute Gasteiger partial charge is 0.471 e.